The van der Waals surface area contributed by atoms with Crippen molar-refractivity contribution in [1.29, 1.82) is 0 Å². The van der Waals surface area contributed by atoms with E-state index in [1.165, 1.54) is 0 Å². The first kappa shape index (κ1) is 17.5. The lowest BCUT2D eigenvalue weighted by Gasteiger charge is -2.16. The highest BCUT2D eigenvalue weighted by molar-refractivity contribution is 7.40. The maximum Gasteiger partial charge on any atom is 0.319 e. The molecule has 140 valence electrons. The van der Waals surface area contributed by atoms with Gasteiger partial charge < -0.3 is 13.9 Å². The number of aryl methyl sites for hydroxylation is 2. The van der Waals surface area contributed by atoms with Crippen LogP contribution in [0, 0.1) is 0 Å². The predicted molar refractivity (Wildman–Crippen MR) is 115 cm³/mol. The van der Waals surface area contributed by atoms with Gasteiger partial charge in [-0.1, -0.05) is 62.4 Å². The zero-order valence-corrected chi connectivity index (χ0v) is 16.9. The summed E-state index contributed by atoms with van der Waals surface area (Å²) in [6, 6.07) is 20.9. The van der Waals surface area contributed by atoms with E-state index in [0.717, 1.165) is 56.6 Å². The minimum Gasteiger partial charge on any atom is -0.618 e. The van der Waals surface area contributed by atoms with E-state index in [9.17, 15) is 4.89 Å². The van der Waals surface area contributed by atoms with E-state index in [1.54, 1.807) is 0 Å². The third-order valence-corrected chi connectivity index (χ3v) is 6.28. The van der Waals surface area contributed by atoms with Crippen LogP contribution in [0.3, 0.4) is 0 Å². The Morgan fingerprint density at radius 1 is 0.714 bits per heavy atom. The highest BCUT2D eigenvalue weighted by atomic mass is 31.2. The molecule has 0 fully saturated rings. The van der Waals surface area contributed by atoms with E-state index in [1.807, 2.05) is 24.3 Å². The summed E-state index contributed by atoms with van der Waals surface area (Å²) < 4.78 is 11.9. The first-order valence-electron chi connectivity index (χ1n) is 9.70. The minimum absolute atomic E-state index is 0.697. The van der Waals surface area contributed by atoms with Gasteiger partial charge >= 0.3 is 8.60 Å². The molecule has 0 aromatic heterocycles. The number of fused-ring (bicyclic) bond motifs is 7. The smallest absolute Gasteiger partial charge is 0.319 e. The first-order chi connectivity index (χ1) is 13.7. The molecule has 28 heavy (non-hydrogen) atoms. The largest absolute Gasteiger partial charge is 0.618 e. The summed E-state index contributed by atoms with van der Waals surface area (Å²) in [5, 5.41) is 4.49. The van der Waals surface area contributed by atoms with Gasteiger partial charge in [0.25, 0.3) is 0 Å². The summed E-state index contributed by atoms with van der Waals surface area (Å²) in [6.45, 7) is 4.19. The minimum atomic E-state index is -2.70. The molecule has 3 nitrogen and oxygen atoms in total. The number of rotatable bonds is 2. The average Bonchev–Trinajstić information content (AvgIpc) is 2.88. The quantitative estimate of drug-likeness (QED) is 0.403. The van der Waals surface area contributed by atoms with Crippen molar-refractivity contribution in [2.24, 2.45) is 0 Å². The zero-order chi connectivity index (χ0) is 19.3. The normalized spacial score (nSPS) is 13.5. The monoisotopic (exact) mass is 388 g/mol. The van der Waals surface area contributed by atoms with Crippen molar-refractivity contribution in [3.63, 3.8) is 0 Å². The first-order valence-corrected chi connectivity index (χ1v) is 10.9. The molecule has 0 saturated heterocycles. The number of hydrogen-bond donors (Lipinski definition) is 0. The van der Waals surface area contributed by atoms with E-state index in [0.29, 0.717) is 11.5 Å². The topological polar surface area (TPSA) is 41.5 Å². The van der Waals surface area contributed by atoms with E-state index >= 15 is 0 Å². The Kier molecular flexibility index (Phi) is 4.23. The van der Waals surface area contributed by atoms with Crippen molar-refractivity contribution in [2.45, 2.75) is 26.7 Å². The molecule has 0 saturated carbocycles. The Bertz CT molecular complexity index is 1120. The summed E-state index contributed by atoms with van der Waals surface area (Å²) in [5.74, 6) is 1.39. The lowest BCUT2D eigenvalue weighted by Crippen LogP contribution is -2.07. The van der Waals surface area contributed by atoms with Gasteiger partial charge in [0.05, 0.1) is 0 Å². The van der Waals surface area contributed by atoms with Gasteiger partial charge in [0, 0.05) is 22.3 Å². The average molecular weight is 388 g/mol. The van der Waals surface area contributed by atoms with E-state index in [2.05, 4.69) is 50.2 Å². The third kappa shape index (κ3) is 2.58. The van der Waals surface area contributed by atoms with Gasteiger partial charge in [0.15, 0.2) is 11.5 Å². The maximum absolute atomic E-state index is 12.8. The van der Waals surface area contributed by atoms with Gasteiger partial charge in [-0.3, -0.25) is 0 Å². The highest BCUT2D eigenvalue weighted by Gasteiger charge is 2.31. The van der Waals surface area contributed by atoms with Crippen LogP contribution in [-0.2, 0) is 12.8 Å². The molecule has 0 unspecified atom stereocenters. The van der Waals surface area contributed by atoms with Gasteiger partial charge in [0.2, 0.25) is 0 Å². The number of benzene rings is 4. The van der Waals surface area contributed by atoms with Crippen LogP contribution in [0.1, 0.15) is 25.0 Å². The van der Waals surface area contributed by atoms with E-state index in [-0.39, 0.29) is 0 Å². The van der Waals surface area contributed by atoms with Crippen LogP contribution in [-0.4, -0.2) is 0 Å². The zero-order valence-electron chi connectivity index (χ0n) is 15.9. The second-order valence-corrected chi connectivity index (χ2v) is 7.99. The van der Waals surface area contributed by atoms with Crippen LogP contribution in [0.2, 0.25) is 0 Å². The molecule has 0 spiro atoms. The molecule has 4 aromatic rings. The fraction of sp³-hybridized carbons (Fsp3) is 0.167. The van der Waals surface area contributed by atoms with Gasteiger partial charge in [-0.2, -0.15) is 0 Å². The summed E-state index contributed by atoms with van der Waals surface area (Å²) in [6.07, 6.45) is 1.59. The number of hydrogen-bond acceptors (Lipinski definition) is 3. The molecule has 1 aliphatic rings. The molecule has 1 heterocycles. The SMILES string of the molecule is CCc1cc2ccccc2c2c1O[PH+]([O-])Oc1c(CC)cc3ccccc3c1-2. The predicted octanol–water partition coefficient (Wildman–Crippen LogP) is 5.88. The fourth-order valence-electron chi connectivity index (χ4n) is 4.22. The van der Waals surface area contributed by atoms with Crippen molar-refractivity contribution >= 4 is 30.1 Å². The Morgan fingerprint density at radius 3 is 1.57 bits per heavy atom. The molecule has 0 radical (unpaired) electrons. The lowest BCUT2D eigenvalue weighted by atomic mass is 9.88. The molecule has 5 rings (SSSR count). The van der Waals surface area contributed by atoms with Crippen molar-refractivity contribution in [2.75, 3.05) is 0 Å². The molecule has 0 aliphatic carbocycles. The van der Waals surface area contributed by atoms with Gasteiger partial charge in [-0.25, -0.2) is 0 Å². The molecular weight excluding hydrogens is 367 g/mol. The van der Waals surface area contributed by atoms with Crippen LogP contribution in [0.15, 0.2) is 60.7 Å². The van der Waals surface area contributed by atoms with Crippen LogP contribution < -0.4 is 13.9 Å². The standard InChI is InChI=1S/C24H21O3P/c1-3-15-13-17-9-5-7-11-19(17)21-22-20-12-8-6-10-18(20)14-16(4-2)24(22)27-28(25)26-23(15)21/h5-14,28H,3-4H2,1-2H3. The molecule has 0 atom stereocenters. The van der Waals surface area contributed by atoms with Crippen LogP contribution in [0.4, 0.5) is 0 Å². The van der Waals surface area contributed by atoms with Crippen molar-refractivity contribution in [3.8, 4) is 22.6 Å². The summed E-state index contributed by atoms with van der Waals surface area (Å²) in [4.78, 5) is 12.8. The van der Waals surface area contributed by atoms with Gasteiger partial charge in [-0.05, 0) is 46.5 Å². The van der Waals surface area contributed by atoms with Gasteiger partial charge in [0.1, 0.15) is 0 Å². The molecule has 0 amide bonds. The van der Waals surface area contributed by atoms with Crippen molar-refractivity contribution in [3.05, 3.63) is 71.8 Å². The summed E-state index contributed by atoms with van der Waals surface area (Å²) in [7, 11) is -2.70. The molecular formula is C24H21O3P. The Labute approximate surface area is 165 Å². The highest BCUT2D eigenvalue weighted by Crippen LogP contribution is 2.55. The maximum atomic E-state index is 12.8. The molecule has 4 heteroatoms. The Hall–Kier alpha value is -2.61. The summed E-state index contributed by atoms with van der Waals surface area (Å²) in [5.41, 5.74) is 4.09. The Morgan fingerprint density at radius 2 is 1.14 bits per heavy atom. The Balaban J connectivity index is 2.04. The summed E-state index contributed by atoms with van der Waals surface area (Å²) >= 11 is 0. The van der Waals surface area contributed by atoms with Crippen LogP contribution in [0.5, 0.6) is 11.5 Å². The van der Waals surface area contributed by atoms with Crippen LogP contribution in [0.25, 0.3) is 32.7 Å². The van der Waals surface area contributed by atoms with Crippen LogP contribution >= 0.6 is 8.60 Å². The van der Waals surface area contributed by atoms with Gasteiger partial charge in [-0.15, -0.1) is 0 Å². The van der Waals surface area contributed by atoms with E-state index < -0.39 is 8.60 Å². The second kappa shape index (κ2) is 6.77. The third-order valence-electron chi connectivity index (χ3n) is 5.54. The fourth-order valence-corrected chi connectivity index (χ4v) is 5.06. The molecule has 4 aromatic carbocycles. The van der Waals surface area contributed by atoms with Crippen molar-refractivity contribution < 1.29 is 13.9 Å². The molecule has 0 bridgehead atoms. The van der Waals surface area contributed by atoms with E-state index in [4.69, 9.17) is 9.05 Å². The second-order valence-electron chi connectivity index (χ2n) is 7.08. The lowest BCUT2D eigenvalue weighted by molar-refractivity contribution is -0.188. The molecule has 1 aliphatic heterocycles. The van der Waals surface area contributed by atoms with Crippen molar-refractivity contribution in [1.82, 2.24) is 0 Å². The molecule has 0 N–H and O–H groups in total.